The van der Waals surface area contributed by atoms with Gasteiger partial charge in [0.05, 0.1) is 11.6 Å². The summed E-state index contributed by atoms with van der Waals surface area (Å²) in [4.78, 5) is 12.1. The van der Waals surface area contributed by atoms with Gasteiger partial charge in [0.15, 0.2) is 5.78 Å². The Balaban J connectivity index is 2.78. The average molecular weight is 309 g/mol. The molecule has 0 unspecified atom stereocenters. The molecule has 2 rings (SSSR count). The van der Waals surface area contributed by atoms with Crippen molar-refractivity contribution in [3.05, 3.63) is 32.8 Å². The summed E-state index contributed by atoms with van der Waals surface area (Å²) < 4.78 is 6.38. The molecule has 0 saturated heterocycles. The van der Waals surface area contributed by atoms with Crippen LogP contribution in [0.4, 0.5) is 0 Å². The zero-order valence-corrected chi connectivity index (χ0v) is 12.9. The maximum Gasteiger partial charge on any atom is 0.189 e. The molecular formula is C15H17BrO2. The summed E-state index contributed by atoms with van der Waals surface area (Å²) >= 11 is 3.57. The van der Waals surface area contributed by atoms with Crippen LogP contribution in [0.3, 0.4) is 0 Å². The Hall–Kier alpha value is -1.09. The van der Waals surface area contributed by atoms with Crippen LogP contribution < -0.4 is 4.74 Å². The van der Waals surface area contributed by atoms with Gasteiger partial charge in [-0.3, -0.25) is 4.79 Å². The van der Waals surface area contributed by atoms with Crippen LogP contribution >= 0.6 is 15.9 Å². The molecule has 18 heavy (non-hydrogen) atoms. The Kier molecular flexibility index (Phi) is 3.14. The van der Waals surface area contributed by atoms with E-state index < -0.39 is 0 Å². The summed E-state index contributed by atoms with van der Waals surface area (Å²) in [6.45, 7) is 8.19. The zero-order chi connectivity index (χ0) is 13.7. The van der Waals surface area contributed by atoms with Gasteiger partial charge < -0.3 is 4.74 Å². The molecule has 0 amide bonds. The van der Waals surface area contributed by atoms with Gasteiger partial charge in [0, 0.05) is 16.7 Å². The van der Waals surface area contributed by atoms with Crippen molar-refractivity contribution in [3.63, 3.8) is 0 Å². The van der Waals surface area contributed by atoms with Crippen LogP contribution in [0.25, 0.3) is 6.08 Å². The molecule has 0 radical (unpaired) electrons. The number of fused-ring (bicyclic) bond motifs is 1. The molecule has 1 aliphatic carbocycles. The smallest absolute Gasteiger partial charge is 0.189 e. The normalized spacial score (nSPS) is 14.6. The lowest BCUT2D eigenvalue weighted by Gasteiger charge is -2.24. The largest absolute Gasteiger partial charge is 0.495 e. The molecule has 1 aromatic rings. The number of carbonyl (C=O) groups excluding carboxylic acids is 1. The van der Waals surface area contributed by atoms with Crippen molar-refractivity contribution in [2.75, 3.05) is 7.11 Å². The first kappa shape index (κ1) is 13.3. The number of rotatable bonds is 1. The summed E-state index contributed by atoms with van der Waals surface area (Å²) in [5, 5.41) is 0. The van der Waals surface area contributed by atoms with E-state index in [4.69, 9.17) is 4.74 Å². The number of Topliss-reactive ketones (excluding diaryl/α,β-unsaturated/α-hetero) is 1. The second-order valence-corrected chi connectivity index (χ2v) is 6.43. The SMILES string of the molecule is COc1c(C(C)(C)C)cc2c(c1Br)C=C(C)C2=O. The lowest BCUT2D eigenvalue weighted by molar-refractivity contribution is 0.103. The molecule has 0 N–H and O–H groups in total. The summed E-state index contributed by atoms with van der Waals surface area (Å²) in [6.07, 6.45) is 1.91. The van der Waals surface area contributed by atoms with Crippen LogP contribution in [0, 0.1) is 0 Å². The Morgan fingerprint density at radius 3 is 2.39 bits per heavy atom. The Morgan fingerprint density at radius 1 is 1.28 bits per heavy atom. The predicted molar refractivity (Wildman–Crippen MR) is 77.4 cm³/mol. The van der Waals surface area contributed by atoms with E-state index in [1.165, 1.54) is 0 Å². The third kappa shape index (κ3) is 1.91. The van der Waals surface area contributed by atoms with Crippen LogP contribution in [0.5, 0.6) is 5.75 Å². The fourth-order valence-corrected chi connectivity index (χ4v) is 2.93. The first-order valence-electron chi connectivity index (χ1n) is 5.91. The third-order valence-corrected chi connectivity index (χ3v) is 4.02. The minimum absolute atomic E-state index is 0.0698. The Bertz CT molecular complexity index is 563. The quantitative estimate of drug-likeness (QED) is 0.770. The second kappa shape index (κ2) is 4.23. The van der Waals surface area contributed by atoms with Gasteiger partial charge in [-0.05, 0) is 46.0 Å². The second-order valence-electron chi connectivity index (χ2n) is 5.64. The molecule has 0 saturated carbocycles. The predicted octanol–water partition coefficient (Wildman–Crippen LogP) is 4.35. The molecule has 3 heteroatoms. The van der Waals surface area contributed by atoms with Crippen molar-refractivity contribution >= 4 is 27.8 Å². The molecule has 96 valence electrons. The summed E-state index contributed by atoms with van der Waals surface area (Å²) in [5.41, 5.74) is 3.46. The highest BCUT2D eigenvalue weighted by molar-refractivity contribution is 9.10. The number of hydrogen-bond acceptors (Lipinski definition) is 2. The Labute approximate surface area is 116 Å². The molecular weight excluding hydrogens is 292 g/mol. The molecule has 0 atom stereocenters. The van der Waals surface area contributed by atoms with Gasteiger partial charge in [0.25, 0.3) is 0 Å². The minimum atomic E-state index is -0.0698. The number of methoxy groups -OCH3 is 1. The standard InChI is InChI=1S/C15H17BrO2/c1-8-6-9-10(13(8)17)7-11(15(2,3)4)14(18-5)12(9)16/h6-7H,1-5H3. The molecule has 0 aliphatic heterocycles. The minimum Gasteiger partial charge on any atom is -0.495 e. The van der Waals surface area contributed by atoms with E-state index in [9.17, 15) is 4.79 Å². The highest BCUT2D eigenvalue weighted by Crippen LogP contribution is 2.43. The Morgan fingerprint density at radius 2 is 1.89 bits per heavy atom. The number of carbonyl (C=O) groups is 1. The van der Waals surface area contributed by atoms with Crippen LogP contribution in [0.15, 0.2) is 16.1 Å². The molecule has 1 aliphatic rings. The fourth-order valence-electron chi connectivity index (χ4n) is 2.23. The van der Waals surface area contributed by atoms with Gasteiger partial charge in [0.1, 0.15) is 5.75 Å². The average Bonchev–Trinajstić information content (AvgIpc) is 2.55. The van der Waals surface area contributed by atoms with Crippen molar-refractivity contribution in [2.24, 2.45) is 0 Å². The lowest BCUT2D eigenvalue weighted by Crippen LogP contribution is -2.15. The topological polar surface area (TPSA) is 26.3 Å². The molecule has 2 nitrogen and oxygen atoms in total. The van der Waals surface area contributed by atoms with Crippen LogP contribution in [0.2, 0.25) is 0 Å². The molecule has 0 heterocycles. The molecule has 1 aromatic carbocycles. The molecule has 0 aromatic heterocycles. The summed E-state index contributed by atoms with van der Waals surface area (Å²) in [6, 6.07) is 1.97. The zero-order valence-electron chi connectivity index (χ0n) is 11.3. The van der Waals surface area contributed by atoms with Gasteiger partial charge in [0.2, 0.25) is 0 Å². The number of allylic oxidation sites excluding steroid dienone is 1. The number of halogens is 1. The van der Waals surface area contributed by atoms with Gasteiger partial charge in [-0.15, -0.1) is 0 Å². The summed E-state index contributed by atoms with van der Waals surface area (Å²) in [5.74, 6) is 0.929. The van der Waals surface area contributed by atoms with E-state index in [0.717, 1.165) is 32.5 Å². The molecule has 0 fully saturated rings. The highest BCUT2D eigenvalue weighted by atomic mass is 79.9. The maximum absolute atomic E-state index is 12.1. The summed E-state index contributed by atoms with van der Waals surface area (Å²) in [7, 11) is 1.66. The number of hydrogen-bond donors (Lipinski definition) is 0. The number of benzene rings is 1. The van der Waals surface area contributed by atoms with Crippen molar-refractivity contribution in [2.45, 2.75) is 33.1 Å². The number of ether oxygens (including phenoxy) is 1. The fraction of sp³-hybridized carbons (Fsp3) is 0.400. The molecule has 0 spiro atoms. The van der Waals surface area contributed by atoms with Crippen molar-refractivity contribution < 1.29 is 9.53 Å². The van der Waals surface area contributed by atoms with Crippen LogP contribution in [-0.2, 0) is 5.41 Å². The van der Waals surface area contributed by atoms with Crippen LogP contribution in [0.1, 0.15) is 49.2 Å². The third-order valence-electron chi connectivity index (χ3n) is 3.24. The van der Waals surface area contributed by atoms with E-state index in [0.29, 0.717) is 0 Å². The van der Waals surface area contributed by atoms with E-state index in [1.807, 2.05) is 19.1 Å². The lowest BCUT2D eigenvalue weighted by atomic mass is 9.84. The van der Waals surface area contributed by atoms with Gasteiger partial charge >= 0.3 is 0 Å². The highest BCUT2D eigenvalue weighted by Gasteiger charge is 2.29. The van der Waals surface area contributed by atoms with Gasteiger partial charge in [-0.25, -0.2) is 0 Å². The van der Waals surface area contributed by atoms with Crippen LogP contribution in [-0.4, -0.2) is 12.9 Å². The first-order valence-corrected chi connectivity index (χ1v) is 6.70. The van der Waals surface area contributed by atoms with Crippen molar-refractivity contribution in [1.82, 2.24) is 0 Å². The van der Waals surface area contributed by atoms with Crippen molar-refractivity contribution in [1.29, 1.82) is 0 Å². The first-order chi connectivity index (χ1) is 8.27. The van der Waals surface area contributed by atoms with Gasteiger partial charge in [-0.2, -0.15) is 0 Å². The number of ketones is 1. The van der Waals surface area contributed by atoms with Gasteiger partial charge in [-0.1, -0.05) is 20.8 Å². The van der Waals surface area contributed by atoms with Crippen molar-refractivity contribution in [3.8, 4) is 5.75 Å². The van der Waals surface area contributed by atoms with E-state index in [-0.39, 0.29) is 11.2 Å². The molecule has 0 bridgehead atoms. The van der Waals surface area contributed by atoms with E-state index in [1.54, 1.807) is 7.11 Å². The van der Waals surface area contributed by atoms with E-state index >= 15 is 0 Å². The van der Waals surface area contributed by atoms with E-state index in [2.05, 4.69) is 36.7 Å². The maximum atomic E-state index is 12.1. The monoisotopic (exact) mass is 308 g/mol.